The number of anilines is 1. The van der Waals surface area contributed by atoms with Crippen LogP contribution in [0.4, 0.5) is 5.69 Å². The molecule has 3 aromatic rings. The summed E-state index contributed by atoms with van der Waals surface area (Å²) in [5, 5.41) is 21.7. The molecule has 0 saturated heterocycles. The molecule has 0 saturated carbocycles. The second-order valence-electron chi connectivity index (χ2n) is 6.02. The van der Waals surface area contributed by atoms with Gasteiger partial charge in [-0.25, -0.2) is 9.97 Å². The standard InChI is InChI=1S/C15H22N10S2/c1-5-9-18-13-15(16,14(27-7-3)23-25(13)21-9)19-10-11-17-8(4)20-24(11)22-12(10)26-6-2/h19H,5-7,16H2,1-4H3,(H,17,20). The molecule has 0 fully saturated rings. The van der Waals surface area contributed by atoms with Crippen LogP contribution in [-0.4, -0.2) is 51.2 Å². The number of nitrogens with zero attached hydrogens (tertiary/aromatic N) is 7. The van der Waals surface area contributed by atoms with Gasteiger partial charge in [0.1, 0.15) is 21.6 Å². The first kappa shape index (κ1) is 18.3. The molecule has 0 radical (unpaired) electrons. The molecular weight excluding hydrogens is 384 g/mol. The molecule has 4 heterocycles. The molecule has 0 spiro atoms. The zero-order valence-electron chi connectivity index (χ0n) is 15.6. The maximum absolute atomic E-state index is 6.85. The second kappa shape index (κ2) is 6.84. The van der Waals surface area contributed by atoms with Gasteiger partial charge >= 0.3 is 0 Å². The first-order chi connectivity index (χ1) is 13.0. The van der Waals surface area contributed by atoms with Crippen LogP contribution in [0.15, 0.2) is 10.1 Å². The van der Waals surface area contributed by atoms with Crippen molar-refractivity contribution in [2.45, 2.75) is 44.8 Å². The van der Waals surface area contributed by atoms with Gasteiger partial charge in [0.15, 0.2) is 17.3 Å². The van der Waals surface area contributed by atoms with Crippen molar-refractivity contribution in [1.29, 1.82) is 0 Å². The van der Waals surface area contributed by atoms with Crippen LogP contribution in [0.2, 0.25) is 0 Å². The van der Waals surface area contributed by atoms with E-state index in [1.807, 2.05) is 13.8 Å². The Morgan fingerprint density at radius 2 is 1.93 bits per heavy atom. The van der Waals surface area contributed by atoms with Crippen LogP contribution < -0.4 is 11.1 Å². The fraction of sp³-hybridized carbons (Fsp3) is 0.533. The summed E-state index contributed by atoms with van der Waals surface area (Å²) < 4.78 is 1.67. The third-order valence-electron chi connectivity index (χ3n) is 4.08. The van der Waals surface area contributed by atoms with Gasteiger partial charge in [-0.05, 0) is 18.4 Å². The second-order valence-corrected chi connectivity index (χ2v) is 8.53. The van der Waals surface area contributed by atoms with Gasteiger partial charge in [0.05, 0.1) is 0 Å². The van der Waals surface area contributed by atoms with Crippen LogP contribution >= 0.6 is 23.5 Å². The molecule has 1 unspecified atom stereocenters. The summed E-state index contributed by atoms with van der Waals surface area (Å²) in [6.07, 6.45) is 0.718. The third kappa shape index (κ3) is 2.91. The van der Waals surface area contributed by atoms with Crippen LogP contribution in [0, 0.1) is 6.92 Å². The molecule has 10 nitrogen and oxygen atoms in total. The number of hydrogen-bond acceptors (Lipinski definition) is 9. The van der Waals surface area contributed by atoms with Gasteiger partial charge in [-0.3, -0.25) is 10.8 Å². The van der Waals surface area contributed by atoms with Crippen LogP contribution in [0.1, 0.15) is 38.2 Å². The molecule has 12 heteroatoms. The van der Waals surface area contributed by atoms with Crippen molar-refractivity contribution < 1.29 is 0 Å². The molecule has 0 aromatic carbocycles. The minimum absolute atomic E-state index is 0.578. The van der Waals surface area contributed by atoms with Gasteiger partial charge in [-0.1, -0.05) is 20.8 Å². The highest BCUT2D eigenvalue weighted by molar-refractivity contribution is 8.14. The van der Waals surface area contributed by atoms with Gasteiger partial charge in [0, 0.05) is 6.42 Å². The van der Waals surface area contributed by atoms with Gasteiger partial charge in [-0.2, -0.15) is 4.63 Å². The monoisotopic (exact) mass is 406 g/mol. The molecule has 27 heavy (non-hydrogen) atoms. The number of aromatic amines is 1. The average molecular weight is 407 g/mol. The molecule has 4 N–H and O–H groups in total. The SMILES string of the molecule is CCSC1=Nn2nc(CC)nc2C1(N)Nc1c(SCC)nn2[nH]c(C)nc12. The highest BCUT2D eigenvalue weighted by Crippen LogP contribution is 2.37. The van der Waals surface area contributed by atoms with Gasteiger partial charge < -0.3 is 5.32 Å². The van der Waals surface area contributed by atoms with Crippen molar-refractivity contribution in [3.05, 3.63) is 17.5 Å². The van der Waals surface area contributed by atoms with Crippen LogP contribution in [-0.2, 0) is 12.1 Å². The molecule has 4 rings (SSSR count). The van der Waals surface area contributed by atoms with Crippen LogP contribution in [0.5, 0.6) is 0 Å². The average Bonchev–Trinajstić information content (AvgIpc) is 3.33. The normalized spacial score (nSPS) is 18.9. The predicted molar refractivity (Wildman–Crippen MR) is 108 cm³/mol. The summed E-state index contributed by atoms with van der Waals surface area (Å²) in [4.78, 5) is 10.7. The van der Waals surface area contributed by atoms with Crippen molar-refractivity contribution >= 4 is 39.9 Å². The Balaban J connectivity index is 1.82. The fourth-order valence-electron chi connectivity index (χ4n) is 2.91. The summed E-state index contributed by atoms with van der Waals surface area (Å²) in [5.74, 6) is 3.79. The molecule has 1 aliphatic heterocycles. The smallest absolute Gasteiger partial charge is 0.201 e. The lowest BCUT2D eigenvalue weighted by molar-refractivity contribution is 0.625. The molecule has 144 valence electrons. The Morgan fingerprint density at radius 3 is 2.63 bits per heavy atom. The number of aryl methyl sites for hydroxylation is 2. The van der Waals surface area contributed by atoms with E-state index >= 15 is 0 Å². The number of rotatable bonds is 6. The van der Waals surface area contributed by atoms with Gasteiger partial charge in [0.2, 0.25) is 5.66 Å². The lowest BCUT2D eigenvalue weighted by Crippen LogP contribution is -2.49. The van der Waals surface area contributed by atoms with E-state index in [4.69, 9.17) is 5.73 Å². The van der Waals surface area contributed by atoms with Crippen molar-refractivity contribution in [2.75, 3.05) is 16.8 Å². The molecule has 0 bridgehead atoms. The van der Waals surface area contributed by atoms with Crippen LogP contribution in [0.25, 0.3) is 5.65 Å². The third-order valence-corrected chi connectivity index (χ3v) is 5.89. The number of H-pyrrole nitrogens is 1. The van der Waals surface area contributed by atoms with E-state index in [9.17, 15) is 0 Å². The largest absolute Gasteiger partial charge is 0.350 e. The molecule has 1 atom stereocenters. The predicted octanol–water partition coefficient (Wildman–Crippen LogP) is 1.78. The van der Waals surface area contributed by atoms with Crippen molar-refractivity contribution in [1.82, 2.24) is 34.7 Å². The zero-order valence-corrected chi connectivity index (χ0v) is 17.3. The Kier molecular flexibility index (Phi) is 4.64. The maximum Gasteiger partial charge on any atom is 0.201 e. The van der Waals surface area contributed by atoms with E-state index in [0.717, 1.165) is 39.5 Å². The topological polar surface area (TPSA) is 127 Å². The number of aromatic nitrogens is 7. The van der Waals surface area contributed by atoms with E-state index in [0.29, 0.717) is 17.3 Å². The first-order valence-electron chi connectivity index (χ1n) is 8.84. The number of hydrogen-bond donors (Lipinski definition) is 3. The quantitative estimate of drug-likeness (QED) is 0.418. The molecule has 0 amide bonds. The van der Waals surface area contributed by atoms with Crippen molar-refractivity contribution in [3.8, 4) is 0 Å². The lowest BCUT2D eigenvalue weighted by Gasteiger charge is -2.25. The Bertz CT molecular complexity index is 1020. The minimum Gasteiger partial charge on any atom is -0.350 e. The van der Waals surface area contributed by atoms with Crippen LogP contribution in [0.3, 0.4) is 0 Å². The Hall–Kier alpha value is -2.05. The molecule has 0 aliphatic carbocycles. The summed E-state index contributed by atoms with van der Waals surface area (Å²) in [6, 6.07) is 0. The van der Waals surface area contributed by atoms with Gasteiger partial charge in [0.25, 0.3) is 0 Å². The van der Waals surface area contributed by atoms with E-state index in [2.05, 4.69) is 49.5 Å². The van der Waals surface area contributed by atoms with Gasteiger partial charge in [-0.15, -0.1) is 43.6 Å². The Labute approximate surface area is 164 Å². The number of thioether (sulfide) groups is 2. The summed E-state index contributed by atoms with van der Waals surface area (Å²) in [6.45, 7) is 8.04. The van der Waals surface area contributed by atoms with Crippen molar-refractivity contribution in [3.63, 3.8) is 0 Å². The number of nitrogens with one attached hydrogen (secondary N) is 2. The lowest BCUT2D eigenvalue weighted by atomic mass is 10.2. The zero-order chi connectivity index (χ0) is 19.2. The molecule has 3 aromatic heterocycles. The molecule has 1 aliphatic rings. The minimum atomic E-state index is -1.08. The number of fused-ring (bicyclic) bond motifs is 2. The molecular formula is C15H22N10S2. The maximum atomic E-state index is 6.85. The first-order valence-corrected chi connectivity index (χ1v) is 10.8. The van der Waals surface area contributed by atoms with E-state index < -0.39 is 5.66 Å². The van der Waals surface area contributed by atoms with Crippen molar-refractivity contribution in [2.24, 2.45) is 10.8 Å². The Morgan fingerprint density at radius 1 is 1.15 bits per heavy atom. The number of nitrogens with two attached hydrogens (primary N) is 1. The summed E-state index contributed by atoms with van der Waals surface area (Å²) >= 11 is 3.20. The van der Waals surface area contributed by atoms with E-state index in [1.54, 1.807) is 28.2 Å². The van der Waals surface area contributed by atoms with E-state index in [-0.39, 0.29) is 0 Å². The highest BCUT2D eigenvalue weighted by Gasteiger charge is 2.45. The van der Waals surface area contributed by atoms with E-state index in [1.165, 1.54) is 4.79 Å². The fourth-order valence-corrected chi connectivity index (χ4v) is 4.39. The highest BCUT2D eigenvalue weighted by atomic mass is 32.2. The summed E-state index contributed by atoms with van der Waals surface area (Å²) in [7, 11) is 0. The summed E-state index contributed by atoms with van der Waals surface area (Å²) in [5.41, 5.74) is 7.24.